The fourth-order valence-electron chi connectivity index (χ4n) is 1.98. The Morgan fingerprint density at radius 3 is 2.84 bits per heavy atom. The maximum absolute atomic E-state index is 5.64. The van der Waals surface area contributed by atoms with Crippen molar-refractivity contribution in [3.8, 4) is 5.88 Å². The standard InChI is InChI=1S/C15H20N2O2/c1-3-18-8-9-19-15-10-12(11-16-2)13-6-4-5-7-14(13)17-15/h4-7,10,16H,3,8-9,11H2,1-2H3. The zero-order valence-corrected chi connectivity index (χ0v) is 11.5. The van der Waals surface area contributed by atoms with E-state index in [4.69, 9.17) is 9.47 Å². The van der Waals surface area contributed by atoms with Crippen LogP contribution in [-0.4, -0.2) is 31.9 Å². The maximum Gasteiger partial charge on any atom is 0.214 e. The van der Waals surface area contributed by atoms with Crippen LogP contribution in [0.15, 0.2) is 30.3 Å². The van der Waals surface area contributed by atoms with Crippen LogP contribution in [-0.2, 0) is 11.3 Å². The first kappa shape index (κ1) is 13.8. The first-order valence-corrected chi connectivity index (χ1v) is 6.59. The van der Waals surface area contributed by atoms with Crippen LogP contribution in [0.1, 0.15) is 12.5 Å². The van der Waals surface area contributed by atoms with Gasteiger partial charge < -0.3 is 14.8 Å². The molecular weight excluding hydrogens is 240 g/mol. The Bertz CT molecular complexity index is 529. The van der Waals surface area contributed by atoms with Gasteiger partial charge in [-0.3, -0.25) is 0 Å². The number of para-hydroxylation sites is 1. The average molecular weight is 260 g/mol. The van der Waals surface area contributed by atoms with Crippen molar-refractivity contribution in [2.45, 2.75) is 13.5 Å². The highest BCUT2D eigenvalue weighted by atomic mass is 16.5. The molecule has 2 rings (SSSR count). The Morgan fingerprint density at radius 1 is 1.21 bits per heavy atom. The minimum atomic E-state index is 0.526. The molecule has 0 atom stereocenters. The predicted molar refractivity (Wildman–Crippen MR) is 76.5 cm³/mol. The molecular formula is C15H20N2O2. The summed E-state index contributed by atoms with van der Waals surface area (Å²) in [5, 5.41) is 4.33. The van der Waals surface area contributed by atoms with Gasteiger partial charge in [-0.25, -0.2) is 4.98 Å². The second kappa shape index (κ2) is 7.07. The number of hydrogen-bond acceptors (Lipinski definition) is 4. The van der Waals surface area contributed by atoms with Gasteiger partial charge in [0.2, 0.25) is 5.88 Å². The van der Waals surface area contributed by atoms with Gasteiger partial charge in [0.25, 0.3) is 0 Å². The lowest BCUT2D eigenvalue weighted by Gasteiger charge is -2.10. The molecule has 0 aliphatic rings. The lowest BCUT2D eigenvalue weighted by atomic mass is 10.1. The summed E-state index contributed by atoms with van der Waals surface area (Å²) in [6.45, 7) is 4.59. The quantitative estimate of drug-likeness (QED) is 0.776. The molecule has 4 nitrogen and oxygen atoms in total. The van der Waals surface area contributed by atoms with Crippen LogP contribution >= 0.6 is 0 Å². The SMILES string of the molecule is CCOCCOc1cc(CNC)c2ccccc2n1. The van der Waals surface area contributed by atoms with Gasteiger partial charge in [-0.2, -0.15) is 0 Å². The average Bonchev–Trinajstić information content (AvgIpc) is 2.44. The van der Waals surface area contributed by atoms with E-state index in [9.17, 15) is 0 Å². The summed E-state index contributed by atoms with van der Waals surface area (Å²) in [6, 6.07) is 10.1. The Morgan fingerprint density at radius 2 is 2.05 bits per heavy atom. The van der Waals surface area contributed by atoms with Gasteiger partial charge in [0.05, 0.1) is 12.1 Å². The van der Waals surface area contributed by atoms with Crippen molar-refractivity contribution < 1.29 is 9.47 Å². The van der Waals surface area contributed by atoms with Gasteiger partial charge in [0, 0.05) is 24.6 Å². The minimum Gasteiger partial charge on any atom is -0.475 e. The van der Waals surface area contributed by atoms with Crippen LogP contribution in [0.3, 0.4) is 0 Å². The molecule has 0 bridgehead atoms. The predicted octanol–water partition coefficient (Wildman–Crippen LogP) is 2.37. The van der Waals surface area contributed by atoms with E-state index >= 15 is 0 Å². The van der Waals surface area contributed by atoms with Crippen molar-refractivity contribution in [2.75, 3.05) is 26.9 Å². The number of aromatic nitrogens is 1. The molecule has 102 valence electrons. The number of nitrogens with one attached hydrogen (secondary N) is 1. The first-order valence-electron chi connectivity index (χ1n) is 6.59. The number of rotatable bonds is 7. The number of hydrogen-bond donors (Lipinski definition) is 1. The van der Waals surface area contributed by atoms with Gasteiger partial charge in [-0.15, -0.1) is 0 Å². The van der Waals surface area contributed by atoms with Crippen molar-refractivity contribution in [1.82, 2.24) is 10.3 Å². The molecule has 1 N–H and O–H groups in total. The monoisotopic (exact) mass is 260 g/mol. The molecule has 0 aliphatic heterocycles. The normalized spacial score (nSPS) is 10.8. The van der Waals surface area contributed by atoms with E-state index in [0.29, 0.717) is 25.7 Å². The molecule has 0 aliphatic carbocycles. The number of pyridine rings is 1. The largest absolute Gasteiger partial charge is 0.475 e. The second-order valence-corrected chi connectivity index (χ2v) is 4.21. The highest BCUT2D eigenvalue weighted by molar-refractivity contribution is 5.82. The zero-order valence-electron chi connectivity index (χ0n) is 11.5. The maximum atomic E-state index is 5.64. The molecule has 1 heterocycles. The smallest absolute Gasteiger partial charge is 0.214 e. The van der Waals surface area contributed by atoms with Gasteiger partial charge in [0.15, 0.2) is 0 Å². The van der Waals surface area contributed by atoms with E-state index in [-0.39, 0.29) is 0 Å². The molecule has 0 amide bonds. The molecule has 0 fully saturated rings. The summed E-state index contributed by atoms with van der Waals surface area (Å²) in [7, 11) is 1.94. The van der Waals surface area contributed by atoms with Gasteiger partial charge in [0.1, 0.15) is 6.61 Å². The van der Waals surface area contributed by atoms with E-state index in [0.717, 1.165) is 17.4 Å². The number of ether oxygens (including phenoxy) is 2. The molecule has 1 aromatic heterocycles. The lowest BCUT2D eigenvalue weighted by molar-refractivity contribution is 0.108. The van der Waals surface area contributed by atoms with Crippen molar-refractivity contribution in [3.05, 3.63) is 35.9 Å². The molecule has 0 unspecified atom stereocenters. The molecule has 4 heteroatoms. The van der Waals surface area contributed by atoms with Crippen molar-refractivity contribution in [3.63, 3.8) is 0 Å². The Balaban J connectivity index is 2.19. The van der Waals surface area contributed by atoms with Gasteiger partial charge >= 0.3 is 0 Å². The van der Waals surface area contributed by atoms with Crippen LogP contribution in [0.4, 0.5) is 0 Å². The minimum absolute atomic E-state index is 0.526. The highest BCUT2D eigenvalue weighted by Gasteiger charge is 2.05. The van der Waals surface area contributed by atoms with E-state index < -0.39 is 0 Å². The Hall–Kier alpha value is -1.65. The summed E-state index contributed by atoms with van der Waals surface area (Å²) in [4.78, 5) is 4.51. The van der Waals surface area contributed by atoms with Crippen molar-refractivity contribution in [1.29, 1.82) is 0 Å². The van der Waals surface area contributed by atoms with E-state index in [1.807, 2.05) is 38.2 Å². The molecule has 0 saturated heterocycles. The number of fused-ring (bicyclic) bond motifs is 1. The molecule has 1 aromatic carbocycles. The summed E-state index contributed by atoms with van der Waals surface area (Å²) in [6.07, 6.45) is 0. The van der Waals surface area contributed by atoms with E-state index in [1.165, 1.54) is 5.56 Å². The summed E-state index contributed by atoms with van der Waals surface area (Å²) in [5.41, 5.74) is 2.15. The van der Waals surface area contributed by atoms with E-state index in [1.54, 1.807) is 0 Å². The topological polar surface area (TPSA) is 43.4 Å². The Kier molecular flexibility index (Phi) is 5.12. The third-order valence-corrected chi connectivity index (χ3v) is 2.83. The second-order valence-electron chi connectivity index (χ2n) is 4.21. The molecule has 0 saturated carbocycles. The molecule has 0 spiro atoms. The van der Waals surface area contributed by atoms with Crippen LogP contribution in [0.5, 0.6) is 5.88 Å². The molecule has 0 radical (unpaired) electrons. The van der Waals surface area contributed by atoms with Crippen LogP contribution < -0.4 is 10.1 Å². The van der Waals surface area contributed by atoms with Crippen LogP contribution in [0.2, 0.25) is 0 Å². The van der Waals surface area contributed by atoms with Crippen molar-refractivity contribution in [2.24, 2.45) is 0 Å². The van der Waals surface area contributed by atoms with Gasteiger partial charge in [-0.05, 0) is 25.6 Å². The summed E-state index contributed by atoms with van der Waals surface area (Å²) in [5.74, 6) is 0.656. The molecule has 2 aromatic rings. The van der Waals surface area contributed by atoms with Gasteiger partial charge in [-0.1, -0.05) is 18.2 Å². The first-order chi connectivity index (χ1) is 9.35. The highest BCUT2D eigenvalue weighted by Crippen LogP contribution is 2.21. The van der Waals surface area contributed by atoms with Crippen LogP contribution in [0, 0.1) is 0 Å². The fraction of sp³-hybridized carbons (Fsp3) is 0.400. The molecule has 19 heavy (non-hydrogen) atoms. The lowest BCUT2D eigenvalue weighted by Crippen LogP contribution is -2.09. The summed E-state index contributed by atoms with van der Waals surface area (Å²) >= 11 is 0. The zero-order chi connectivity index (χ0) is 13.5. The van der Waals surface area contributed by atoms with Crippen molar-refractivity contribution >= 4 is 10.9 Å². The third-order valence-electron chi connectivity index (χ3n) is 2.83. The van der Waals surface area contributed by atoms with Crippen LogP contribution in [0.25, 0.3) is 10.9 Å². The third kappa shape index (κ3) is 3.66. The van der Waals surface area contributed by atoms with E-state index in [2.05, 4.69) is 16.4 Å². The Labute approximate surface area is 113 Å². The number of nitrogens with zero attached hydrogens (tertiary/aromatic N) is 1. The summed E-state index contributed by atoms with van der Waals surface area (Å²) < 4.78 is 10.9. The number of benzene rings is 1. The fourth-order valence-corrected chi connectivity index (χ4v) is 1.98.